The number of rotatable bonds is 15. The van der Waals surface area contributed by atoms with Crippen molar-refractivity contribution >= 4 is 5.91 Å². The minimum absolute atomic E-state index is 0.414. The van der Waals surface area contributed by atoms with E-state index in [1.807, 2.05) is 0 Å². The Morgan fingerprint density at radius 3 is 1.70 bits per heavy atom. The second-order valence-electron chi connectivity index (χ2n) is 5.76. The molecule has 0 unspecified atom stereocenters. The summed E-state index contributed by atoms with van der Waals surface area (Å²) in [5.74, 6) is -0.414. The van der Waals surface area contributed by atoms with Gasteiger partial charge < -0.3 is 0 Å². The van der Waals surface area contributed by atoms with E-state index in [1.54, 1.807) is 0 Å². The Morgan fingerprint density at radius 1 is 0.750 bits per heavy atom. The van der Waals surface area contributed by atoms with Crippen LogP contribution in [-0.2, 0) is 4.79 Å². The van der Waals surface area contributed by atoms with Gasteiger partial charge in [-0.1, -0.05) is 70.4 Å². The lowest BCUT2D eigenvalue weighted by atomic mass is 10.1. The molecule has 0 aliphatic carbocycles. The third kappa shape index (κ3) is 17.2. The molecule has 1 radical (unpaired) electrons. The molecule has 117 valence electrons. The normalized spacial score (nSPS) is 11.2. The lowest BCUT2D eigenvalue weighted by molar-refractivity contribution is -0.118. The van der Waals surface area contributed by atoms with Gasteiger partial charge in [-0.15, -0.1) is 0 Å². The molecule has 0 aromatic rings. The van der Waals surface area contributed by atoms with E-state index in [2.05, 4.69) is 19.1 Å². The fraction of sp³-hybridized carbons (Fsp3) is 0.833. The topological polar surface area (TPSA) is 40.9 Å². The van der Waals surface area contributed by atoms with Crippen molar-refractivity contribution in [2.45, 2.75) is 96.8 Å². The van der Waals surface area contributed by atoms with Gasteiger partial charge >= 0.3 is 0 Å². The van der Waals surface area contributed by atoms with Crippen molar-refractivity contribution in [3.8, 4) is 0 Å². The van der Waals surface area contributed by atoms with Crippen LogP contribution >= 0.6 is 0 Å². The molecule has 0 aliphatic heterocycles. The van der Waals surface area contributed by atoms with Gasteiger partial charge in [0.15, 0.2) is 0 Å². The molecule has 0 aromatic heterocycles. The third-order valence-electron chi connectivity index (χ3n) is 3.67. The van der Waals surface area contributed by atoms with E-state index in [0.29, 0.717) is 6.42 Å². The van der Waals surface area contributed by atoms with Gasteiger partial charge in [0.1, 0.15) is 0 Å². The molecule has 2 heteroatoms. The summed E-state index contributed by atoms with van der Waals surface area (Å²) in [5, 5.41) is 0. The summed E-state index contributed by atoms with van der Waals surface area (Å²) in [6.07, 6.45) is 21.6. The van der Waals surface area contributed by atoms with Crippen LogP contribution < -0.4 is 5.73 Å². The molecule has 1 amide bonds. The second-order valence-corrected chi connectivity index (χ2v) is 5.76. The van der Waals surface area contributed by atoms with Gasteiger partial charge in [0.2, 0.25) is 5.91 Å². The zero-order valence-corrected chi connectivity index (χ0v) is 13.5. The lowest BCUT2D eigenvalue weighted by Crippen LogP contribution is -1.96. The number of allylic oxidation sites excluding steroid dienone is 2. The summed E-state index contributed by atoms with van der Waals surface area (Å²) in [5.41, 5.74) is 6.80. The van der Waals surface area contributed by atoms with Gasteiger partial charge in [-0.05, 0) is 32.1 Å². The van der Waals surface area contributed by atoms with E-state index in [4.69, 9.17) is 5.73 Å². The van der Waals surface area contributed by atoms with Gasteiger partial charge in [0, 0.05) is 6.42 Å². The Kier molecular flexibility index (Phi) is 15.6. The summed E-state index contributed by atoms with van der Waals surface area (Å²) >= 11 is 0. The minimum Gasteiger partial charge on any atom is -0.273 e. The lowest BCUT2D eigenvalue weighted by Gasteiger charge is -1.99. The first-order valence-electron chi connectivity index (χ1n) is 8.66. The summed E-state index contributed by atoms with van der Waals surface area (Å²) in [7, 11) is 0. The molecule has 0 atom stereocenters. The Hall–Kier alpha value is -0.790. The van der Waals surface area contributed by atoms with Crippen molar-refractivity contribution in [2.24, 2.45) is 0 Å². The van der Waals surface area contributed by atoms with Crippen LogP contribution in [0.5, 0.6) is 0 Å². The van der Waals surface area contributed by atoms with E-state index < -0.39 is 5.91 Å². The molecule has 0 saturated heterocycles. The molecule has 0 heterocycles. The van der Waals surface area contributed by atoms with Crippen molar-refractivity contribution in [1.82, 2.24) is 5.73 Å². The largest absolute Gasteiger partial charge is 0.273 e. The molecular weight excluding hydrogens is 246 g/mol. The molecule has 0 bridgehead atoms. The summed E-state index contributed by atoms with van der Waals surface area (Å²) in [6.45, 7) is 2.26. The maximum absolute atomic E-state index is 10.4. The molecule has 2 nitrogen and oxygen atoms in total. The summed E-state index contributed by atoms with van der Waals surface area (Å²) in [6, 6.07) is 0. The third-order valence-corrected chi connectivity index (χ3v) is 3.67. The van der Waals surface area contributed by atoms with Crippen LogP contribution in [0.2, 0.25) is 0 Å². The monoisotopic (exact) mass is 280 g/mol. The minimum atomic E-state index is -0.414. The Morgan fingerprint density at radius 2 is 1.20 bits per heavy atom. The van der Waals surface area contributed by atoms with E-state index in [9.17, 15) is 4.79 Å². The van der Waals surface area contributed by atoms with Gasteiger partial charge in [0.05, 0.1) is 0 Å². The average Bonchev–Trinajstić information content (AvgIpc) is 2.43. The quantitative estimate of drug-likeness (QED) is 0.275. The molecule has 0 spiro atoms. The molecule has 0 rings (SSSR count). The van der Waals surface area contributed by atoms with E-state index in [-0.39, 0.29) is 0 Å². The van der Waals surface area contributed by atoms with E-state index in [1.165, 1.54) is 70.6 Å². The summed E-state index contributed by atoms with van der Waals surface area (Å²) < 4.78 is 0. The second kappa shape index (κ2) is 16.3. The zero-order chi connectivity index (χ0) is 14.9. The molecule has 0 aromatic carbocycles. The van der Waals surface area contributed by atoms with Crippen LogP contribution in [0.4, 0.5) is 0 Å². The smallest absolute Gasteiger partial charge is 0.238 e. The molecular formula is C18H34NO. The maximum atomic E-state index is 10.4. The van der Waals surface area contributed by atoms with Crippen molar-refractivity contribution in [1.29, 1.82) is 0 Å². The van der Waals surface area contributed by atoms with Gasteiger partial charge in [-0.2, -0.15) is 0 Å². The molecule has 0 saturated carbocycles. The highest BCUT2D eigenvalue weighted by Crippen LogP contribution is 2.09. The highest BCUT2D eigenvalue weighted by molar-refractivity contribution is 5.72. The first-order chi connectivity index (χ1) is 9.77. The molecule has 0 fully saturated rings. The Labute approximate surface area is 126 Å². The number of hydrogen-bond acceptors (Lipinski definition) is 1. The first-order valence-corrected chi connectivity index (χ1v) is 8.66. The maximum Gasteiger partial charge on any atom is 0.238 e. The van der Waals surface area contributed by atoms with Crippen molar-refractivity contribution < 1.29 is 4.79 Å². The standard InChI is InChI=1S/C18H34NO/c1-2-3-4-5-6-7-8-9-10-11-12-13-14-15-16-17-18(19)20/h9-10,19H,2-8,11-17H2,1H3/b10-9-. The van der Waals surface area contributed by atoms with Crippen LogP contribution in [0.1, 0.15) is 96.8 Å². The Bertz CT molecular complexity index is 236. The zero-order valence-electron chi connectivity index (χ0n) is 13.5. The fourth-order valence-corrected chi connectivity index (χ4v) is 2.36. The van der Waals surface area contributed by atoms with Crippen molar-refractivity contribution in [3.63, 3.8) is 0 Å². The van der Waals surface area contributed by atoms with Gasteiger partial charge in [0.25, 0.3) is 0 Å². The number of hydrogen-bond donors (Lipinski definition) is 0. The molecule has 0 aliphatic rings. The van der Waals surface area contributed by atoms with Gasteiger partial charge in [-0.3, -0.25) is 10.5 Å². The van der Waals surface area contributed by atoms with Crippen molar-refractivity contribution in [2.75, 3.05) is 0 Å². The van der Waals surface area contributed by atoms with Crippen molar-refractivity contribution in [3.05, 3.63) is 12.2 Å². The number of carbonyl (C=O) groups excluding carboxylic acids is 1. The van der Waals surface area contributed by atoms with Crippen LogP contribution in [0.15, 0.2) is 12.2 Å². The van der Waals surface area contributed by atoms with Crippen LogP contribution in [0.3, 0.4) is 0 Å². The van der Waals surface area contributed by atoms with Gasteiger partial charge in [-0.25, -0.2) is 0 Å². The predicted molar refractivity (Wildman–Crippen MR) is 87.6 cm³/mol. The fourth-order valence-electron chi connectivity index (χ4n) is 2.36. The molecule has 20 heavy (non-hydrogen) atoms. The molecule has 1 N–H and O–H groups in total. The van der Waals surface area contributed by atoms with E-state index >= 15 is 0 Å². The highest BCUT2D eigenvalue weighted by atomic mass is 16.1. The Balaban J connectivity index is 3.07. The van der Waals surface area contributed by atoms with Crippen LogP contribution in [-0.4, -0.2) is 5.91 Å². The summed E-state index contributed by atoms with van der Waals surface area (Å²) in [4.78, 5) is 10.4. The number of amides is 1. The predicted octanol–water partition coefficient (Wildman–Crippen LogP) is 5.83. The highest BCUT2D eigenvalue weighted by Gasteiger charge is 1.95. The van der Waals surface area contributed by atoms with Crippen LogP contribution in [0, 0.1) is 0 Å². The number of carbonyl (C=O) groups is 1. The SMILES string of the molecule is CCCCCCCC/C=C\CCCCCCCC([NH])=O. The average molecular weight is 280 g/mol. The first kappa shape index (κ1) is 19.2. The van der Waals surface area contributed by atoms with E-state index in [0.717, 1.165) is 12.8 Å². The number of unbranched alkanes of at least 4 members (excludes halogenated alkanes) is 11. The van der Waals surface area contributed by atoms with Crippen LogP contribution in [0.25, 0.3) is 0 Å². The number of nitrogens with one attached hydrogen (secondary N) is 1.